The molecule has 1 N–H and O–H groups in total. The number of aromatic nitrogens is 2. The standard InChI is InChI=1S/C21H19FN6O/c1-4-28(19-18-17(22)10-14(11-23)27(18)8-7-24-19)25-12-13-5-6-15-16(9-13)21(2,3)26-20(15)29/h5-10,12H,4H2,1-3H3,(H,26,29)/b25-12+. The maximum Gasteiger partial charge on any atom is 0.252 e. The van der Waals surface area contributed by atoms with Crippen LogP contribution in [0.15, 0.2) is 41.8 Å². The molecule has 0 aliphatic carbocycles. The summed E-state index contributed by atoms with van der Waals surface area (Å²) in [5, 5.41) is 18.2. The molecule has 146 valence electrons. The predicted octanol–water partition coefficient (Wildman–Crippen LogP) is 3.18. The Balaban J connectivity index is 1.72. The second-order valence-corrected chi connectivity index (χ2v) is 7.30. The Kier molecular flexibility index (Phi) is 4.31. The van der Waals surface area contributed by atoms with Crippen LogP contribution in [0.25, 0.3) is 5.52 Å². The van der Waals surface area contributed by atoms with Crippen molar-refractivity contribution in [1.29, 1.82) is 5.26 Å². The van der Waals surface area contributed by atoms with Crippen molar-refractivity contribution in [1.82, 2.24) is 14.7 Å². The van der Waals surface area contributed by atoms with Crippen LogP contribution in [0.1, 0.15) is 48.0 Å². The minimum atomic E-state index is -0.526. The van der Waals surface area contributed by atoms with Gasteiger partial charge in [0.25, 0.3) is 5.91 Å². The molecule has 0 spiro atoms. The maximum absolute atomic E-state index is 14.5. The van der Waals surface area contributed by atoms with Crippen LogP contribution in [0.3, 0.4) is 0 Å². The molecule has 0 atom stereocenters. The minimum absolute atomic E-state index is 0.0865. The van der Waals surface area contributed by atoms with E-state index in [0.717, 1.165) is 11.1 Å². The number of amides is 1. The lowest BCUT2D eigenvalue weighted by Gasteiger charge is -2.19. The summed E-state index contributed by atoms with van der Waals surface area (Å²) in [6.45, 7) is 6.22. The summed E-state index contributed by atoms with van der Waals surface area (Å²) in [5.74, 6) is -0.290. The summed E-state index contributed by atoms with van der Waals surface area (Å²) in [6, 6.07) is 8.67. The van der Waals surface area contributed by atoms with Gasteiger partial charge in [-0.25, -0.2) is 14.4 Å². The van der Waals surface area contributed by atoms with Crippen LogP contribution in [-0.2, 0) is 5.54 Å². The zero-order valence-electron chi connectivity index (χ0n) is 16.3. The number of carbonyl (C=O) groups excluding carboxylic acids is 1. The normalized spacial score (nSPS) is 14.8. The molecule has 8 heteroatoms. The number of fused-ring (bicyclic) bond motifs is 2. The van der Waals surface area contributed by atoms with Crippen molar-refractivity contribution < 1.29 is 9.18 Å². The van der Waals surface area contributed by atoms with Crippen molar-refractivity contribution >= 4 is 23.5 Å². The highest BCUT2D eigenvalue weighted by atomic mass is 19.1. The van der Waals surface area contributed by atoms with Crippen LogP contribution in [0.4, 0.5) is 10.2 Å². The maximum atomic E-state index is 14.5. The number of rotatable bonds is 4. The van der Waals surface area contributed by atoms with Crippen molar-refractivity contribution in [2.24, 2.45) is 5.10 Å². The number of halogens is 1. The molecule has 1 aliphatic heterocycles. The third-order valence-corrected chi connectivity index (χ3v) is 5.01. The third-order valence-electron chi connectivity index (χ3n) is 5.01. The number of nitrogens with one attached hydrogen (secondary N) is 1. The van der Waals surface area contributed by atoms with Gasteiger partial charge >= 0.3 is 0 Å². The van der Waals surface area contributed by atoms with Crippen LogP contribution in [0, 0.1) is 17.1 Å². The van der Waals surface area contributed by atoms with Gasteiger partial charge < -0.3 is 9.72 Å². The van der Waals surface area contributed by atoms with Crippen molar-refractivity contribution in [3.05, 3.63) is 64.9 Å². The van der Waals surface area contributed by atoms with Crippen LogP contribution >= 0.6 is 0 Å². The lowest BCUT2D eigenvalue weighted by Crippen LogP contribution is -2.32. The summed E-state index contributed by atoms with van der Waals surface area (Å²) in [4.78, 5) is 16.3. The number of hydrazone groups is 1. The Morgan fingerprint density at radius 2 is 2.21 bits per heavy atom. The van der Waals surface area contributed by atoms with Crippen LogP contribution in [0.2, 0.25) is 0 Å². The van der Waals surface area contributed by atoms with Gasteiger partial charge in [-0.05, 0) is 44.0 Å². The second kappa shape index (κ2) is 6.71. The summed E-state index contributed by atoms with van der Waals surface area (Å²) in [5.41, 5.74) is 2.33. The lowest BCUT2D eigenvalue weighted by atomic mass is 9.93. The molecule has 1 aromatic carbocycles. The first-order chi connectivity index (χ1) is 13.9. The summed E-state index contributed by atoms with van der Waals surface area (Å²) >= 11 is 0. The third kappa shape index (κ3) is 3.01. The summed E-state index contributed by atoms with van der Waals surface area (Å²) in [6.07, 6.45) is 4.71. The summed E-state index contributed by atoms with van der Waals surface area (Å²) in [7, 11) is 0. The van der Waals surface area contributed by atoms with Gasteiger partial charge in [0.1, 0.15) is 17.3 Å². The number of nitrogens with zero attached hydrogens (tertiary/aromatic N) is 5. The van der Waals surface area contributed by atoms with Gasteiger partial charge in [0, 0.05) is 30.6 Å². The first-order valence-corrected chi connectivity index (χ1v) is 9.20. The Bertz CT molecular complexity index is 1200. The molecule has 1 amide bonds. The Morgan fingerprint density at radius 1 is 1.41 bits per heavy atom. The van der Waals surface area contributed by atoms with Gasteiger partial charge in [0.05, 0.1) is 11.8 Å². The SMILES string of the molecule is CCN(/N=C/c1ccc2c(c1)C(C)(C)NC2=O)c1nccn2c(C#N)cc(F)c12. The van der Waals surface area contributed by atoms with Gasteiger partial charge in [0.2, 0.25) is 0 Å². The fourth-order valence-electron chi connectivity index (χ4n) is 3.57. The predicted molar refractivity (Wildman–Crippen MR) is 107 cm³/mol. The highest BCUT2D eigenvalue weighted by Gasteiger charge is 2.34. The molecular weight excluding hydrogens is 371 g/mol. The van der Waals surface area contributed by atoms with Crippen LogP contribution in [0.5, 0.6) is 0 Å². The monoisotopic (exact) mass is 390 g/mol. The minimum Gasteiger partial charge on any atom is -0.343 e. The number of anilines is 1. The topological polar surface area (TPSA) is 85.8 Å². The van der Waals surface area contributed by atoms with Crippen molar-refractivity contribution in [3.63, 3.8) is 0 Å². The Morgan fingerprint density at radius 3 is 2.93 bits per heavy atom. The molecule has 0 saturated heterocycles. The molecule has 2 aromatic heterocycles. The van der Waals surface area contributed by atoms with Crippen molar-refractivity contribution in [3.8, 4) is 6.07 Å². The van der Waals surface area contributed by atoms with Crippen molar-refractivity contribution in [2.75, 3.05) is 11.6 Å². The van der Waals surface area contributed by atoms with Gasteiger partial charge in [-0.1, -0.05) is 6.07 Å². The lowest BCUT2D eigenvalue weighted by molar-refractivity contribution is 0.0940. The average molecular weight is 390 g/mol. The van der Waals surface area contributed by atoms with Crippen LogP contribution < -0.4 is 10.3 Å². The van der Waals surface area contributed by atoms with E-state index in [2.05, 4.69) is 15.4 Å². The van der Waals surface area contributed by atoms with Crippen LogP contribution in [-0.4, -0.2) is 28.1 Å². The smallest absolute Gasteiger partial charge is 0.252 e. The number of benzene rings is 1. The molecule has 0 saturated carbocycles. The van der Waals surface area contributed by atoms with E-state index < -0.39 is 11.4 Å². The number of nitriles is 1. The zero-order valence-corrected chi connectivity index (χ0v) is 16.3. The molecule has 3 aromatic rings. The van der Waals surface area contributed by atoms with E-state index in [-0.39, 0.29) is 17.1 Å². The Labute approximate surface area is 167 Å². The van der Waals surface area contributed by atoms with Crippen molar-refractivity contribution in [2.45, 2.75) is 26.3 Å². The van der Waals surface area contributed by atoms with E-state index in [1.54, 1.807) is 23.5 Å². The largest absolute Gasteiger partial charge is 0.343 e. The molecule has 1 aliphatic rings. The molecule has 0 unspecified atom stereocenters. The molecular formula is C21H19FN6O. The van der Waals surface area contributed by atoms with E-state index in [1.165, 1.54) is 16.7 Å². The van der Waals surface area contributed by atoms with E-state index in [9.17, 15) is 14.4 Å². The molecule has 0 fully saturated rings. The quantitative estimate of drug-likeness (QED) is 0.548. The first-order valence-electron chi connectivity index (χ1n) is 9.20. The number of hydrogen-bond donors (Lipinski definition) is 1. The molecule has 0 radical (unpaired) electrons. The Hall–Kier alpha value is -3.73. The molecule has 29 heavy (non-hydrogen) atoms. The van der Waals surface area contributed by atoms with Gasteiger partial charge in [-0.15, -0.1) is 0 Å². The van der Waals surface area contributed by atoms with Gasteiger partial charge in [-0.3, -0.25) is 4.79 Å². The molecule has 4 rings (SSSR count). The molecule has 0 bridgehead atoms. The fraction of sp³-hybridized carbons (Fsp3) is 0.238. The van der Waals surface area contributed by atoms with Gasteiger partial charge in [-0.2, -0.15) is 10.4 Å². The molecule has 3 heterocycles. The van der Waals surface area contributed by atoms with E-state index in [0.29, 0.717) is 17.9 Å². The van der Waals surface area contributed by atoms with E-state index in [1.807, 2.05) is 39.0 Å². The highest BCUT2D eigenvalue weighted by molar-refractivity contribution is 6.00. The molecule has 7 nitrogen and oxygen atoms in total. The van der Waals surface area contributed by atoms with Gasteiger partial charge in [0.15, 0.2) is 11.6 Å². The zero-order chi connectivity index (χ0) is 20.8. The number of hydrogen-bond acceptors (Lipinski definition) is 5. The highest BCUT2D eigenvalue weighted by Crippen LogP contribution is 2.31. The second-order valence-electron chi connectivity index (χ2n) is 7.30. The average Bonchev–Trinajstić information content (AvgIpc) is 3.15. The van der Waals surface area contributed by atoms with E-state index in [4.69, 9.17) is 0 Å². The number of carbonyl (C=O) groups is 1. The fourth-order valence-corrected chi connectivity index (χ4v) is 3.57. The first kappa shape index (κ1) is 18.6. The van der Waals surface area contributed by atoms with E-state index >= 15 is 0 Å². The summed E-state index contributed by atoms with van der Waals surface area (Å²) < 4.78 is 15.9.